The van der Waals surface area contributed by atoms with Crippen molar-refractivity contribution >= 4 is 43.1 Å². The molecule has 2 aliphatic heterocycles. The number of amides is 5. The van der Waals surface area contributed by atoms with Crippen LogP contribution in [-0.2, 0) is 39.6 Å². The number of para-hydroxylation sites is 2. The zero-order valence-corrected chi connectivity index (χ0v) is 38.2. The Morgan fingerprint density at radius 1 is 0.689 bits per heavy atom. The summed E-state index contributed by atoms with van der Waals surface area (Å²) in [4.78, 5) is 49.5. The number of carbonyl (C=O) groups is 4. The maximum absolute atomic E-state index is 14.6. The standard InChI is InChI=1S/C43H58IN5O10PS/c50-37(19-10-22-44-42-41-36(32-61-42)47-43(53)49-41)45-23-11-25-55-27-29-57-30-28-56-26-12-24-46-38(51)20-21-39(52)48-40(31-33-13-4-1-5-14-33)60(54,58-34-15-6-2-7-16-34)59-35-17-8-3-9-18-35/h1-9,13-18,36,40-42H,10-12,19-32H2,(H,45,50)(H,46,51)(H,48,52)(H2,47,49,53)/q-1/t36-,40?,41-,42?/m0/s1. The third-order valence-corrected chi connectivity index (χ3v) is 17.5. The van der Waals surface area contributed by atoms with Gasteiger partial charge in [-0.3, -0.25) is 9.59 Å². The number of urea groups is 1. The monoisotopic (exact) mass is 994 g/mol. The van der Waals surface area contributed by atoms with Crippen LogP contribution in [0.3, 0.4) is 0 Å². The summed E-state index contributed by atoms with van der Waals surface area (Å²) < 4.78 is 45.0. The van der Waals surface area contributed by atoms with Crippen LogP contribution >= 0.6 is 19.4 Å². The molecular weight excluding hydrogens is 936 g/mol. The fourth-order valence-corrected chi connectivity index (χ4v) is 14.0. The van der Waals surface area contributed by atoms with Crippen LogP contribution in [0, 0.1) is 0 Å². The van der Waals surface area contributed by atoms with E-state index in [2.05, 4.69) is 26.6 Å². The van der Waals surface area contributed by atoms with Crippen molar-refractivity contribution in [1.82, 2.24) is 26.6 Å². The number of rotatable bonds is 30. The van der Waals surface area contributed by atoms with E-state index in [1.165, 1.54) is 0 Å². The van der Waals surface area contributed by atoms with Gasteiger partial charge in [0.25, 0.3) is 0 Å². The molecule has 2 fully saturated rings. The zero-order chi connectivity index (χ0) is 43.0. The quantitative estimate of drug-likeness (QED) is 0.0216. The molecule has 0 aromatic heterocycles. The Kier molecular flexibility index (Phi) is 21.5. The molecule has 3 aromatic rings. The second-order valence-corrected chi connectivity index (χ2v) is 21.6. The molecule has 5 amide bonds. The van der Waals surface area contributed by atoms with E-state index in [4.69, 9.17) is 23.3 Å². The Labute approximate surface area is 373 Å². The van der Waals surface area contributed by atoms with Gasteiger partial charge in [-0.25, -0.2) is 4.57 Å². The summed E-state index contributed by atoms with van der Waals surface area (Å²) in [7, 11) is -4.08. The van der Waals surface area contributed by atoms with Crippen LogP contribution in [0.4, 0.5) is 4.79 Å². The number of benzene rings is 3. The minimum Gasteiger partial charge on any atom is -0.415 e. The normalized spacial score (nSPS) is 17.4. The minimum absolute atomic E-state index is 0.0526. The van der Waals surface area contributed by atoms with Crippen molar-refractivity contribution < 1.29 is 68.2 Å². The number of ether oxygens (including phenoxy) is 3. The molecule has 15 nitrogen and oxygen atoms in total. The van der Waals surface area contributed by atoms with Crippen molar-refractivity contribution in [3.05, 3.63) is 96.6 Å². The van der Waals surface area contributed by atoms with Crippen molar-refractivity contribution in [2.45, 2.75) is 66.1 Å². The van der Waals surface area contributed by atoms with E-state index in [0.717, 1.165) is 28.6 Å². The van der Waals surface area contributed by atoms with Gasteiger partial charge in [0, 0.05) is 32.4 Å². The molecule has 0 spiro atoms. The topological polar surface area (TPSA) is 192 Å². The van der Waals surface area contributed by atoms with Gasteiger partial charge in [-0.05, 0) is 36.2 Å². The van der Waals surface area contributed by atoms with Crippen LogP contribution in [0.15, 0.2) is 91.0 Å². The maximum atomic E-state index is 14.6. The Morgan fingerprint density at radius 3 is 1.80 bits per heavy atom. The van der Waals surface area contributed by atoms with Crippen molar-refractivity contribution in [3.63, 3.8) is 0 Å². The van der Waals surface area contributed by atoms with E-state index < -0.39 is 19.3 Å². The molecule has 0 radical (unpaired) electrons. The summed E-state index contributed by atoms with van der Waals surface area (Å²) in [5.74, 6) is -0.0813. The van der Waals surface area contributed by atoms with E-state index >= 15 is 0 Å². The van der Waals surface area contributed by atoms with Crippen LogP contribution in [0.2, 0.25) is 0 Å². The van der Waals surface area contributed by atoms with Gasteiger partial charge in [0.15, 0.2) is 5.78 Å². The first kappa shape index (κ1) is 48.2. The fourth-order valence-electron chi connectivity index (χ4n) is 6.29. The van der Waals surface area contributed by atoms with Gasteiger partial charge in [-0.1, -0.05) is 66.7 Å². The molecule has 18 heteroatoms. The number of hydrogen-bond donors (Lipinski definition) is 5. The number of nitrogens with one attached hydrogen (secondary N) is 5. The zero-order valence-electron chi connectivity index (χ0n) is 34.3. The summed E-state index contributed by atoms with van der Waals surface area (Å²) in [6.45, 7) is 3.65. The first-order valence-corrected chi connectivity index (χ1v) is 26.2. The van der Waals surface area contributed by atoms with Crippen molar-refractivity contribution in [3.8, 4) is 11.5 Å². The van der Waals surface area contributed by atoms with Crippen molar-refractivity contribution in [2.24, 2.45) is 0 Å². The van der Waals surface area contributed by atoms with E-state index in [-0.39, 0.29) is 70.4 Å². The van der Waals surface area contributed by atoms with Gasteiger partial charge >= 0.3 is 159 Å². The Morgan fingerprint density at radius 2 is 1.21 bits per heavy atom. The Bertz CT molecular complexity index is 1780. The molecule has 4 atom stereocenters. The smallest absolute Gasteiger partial charge is 0.415 e. The van der Waals surface area contributed by atoms with Crippen LogP contribution in [0.25, 0.3) is 0 Å². The molecule has 61 heavy (non-hydrogen) atoms. The van der Waals surface area contributed by atoms with Gasteiger partial charge < -0.3 is 24.4 Å². The SMILES string of the molecule is O=C(CCC[I-]C1SC[C@@H]2NC(=O)N[C@H]12)NCCCOCCOCCOCCCNC(=O)CCC(=O)NC(Cc1ccccc1)P(=O)(Oc1ccccc1)Oc1ccccc1. The van der Waals surface area contributed by atoms with E-state index in [1.54, 1.807) is 48.5 Å². The molecule has 0 bridgehead atoms. The van der Waals surface area contributed by atoms with Crippen LogP contribution in [0.5, 0.6) is 11.5 Å². The minimum atomic E-state index is -4.08. The number of fused-ring (bicyclic) bond motifs is 1. The Balaban J connectivity index is 0.863. The molecule has 334 valence electrons. The van der Waals surface area contributed by atoms with Crippen LogP contribution in [0.1, 0.15) is 44.1 Å². The van der Waals surface area contributed by atoms with Gasteiger partial charge in [0.1, 0.15) is 11.5 Å². The molecule has 5 rings (SSSR count). The van der Waals surface area contributed by atoms with Crippen LogP contribution in [-0.4, -0.2) is 108 Å². The molecule has 0 saturated carbocycles. The third-order valence-electron chi connectivity index (χ3n) is 9.40. The van der Waals surface area contributed by atoms with Crippen LogP contribution < -0.4 is 56.8 Å². The van der Waals surface area contributed by atoms with E-state index in [9.17, 15) is 23.7 Å². The van der Waals surface area contributed by atoms with Gasteiger partial charge in [-0.2, -0.15) is 0 Å². The Hall–Kier alpha value is -3.87. The molecule has 2 saturated heterocycles. The number of hydrogen-bond acceptors (Lipinski definition) is 11. The van der Waals surface area contributed by atoms with Crippen molar-refractivity contribution in [2.75, 3.05) is 62.9 Å². The summed E-state index contributed by atoms with van der Waals surface area (Å²) in [5.41, 5.74) is 0.824. The van der Waals surface area contributed by atoms with E-state index in [0.29, 0.717) is 80.3 Å². The molecule has 2 aliphatic rings. The summed E-state index contributed by atoms with van der Waals surface area (Å²) >= 11 is 1.87. The summed E-state index contributed by atoms with van der Waals surface area (Å²) in [6.07, 6.45) is 2.74. The summed E-state index contributed by atoms with van der Waals surface area (Å²) in [5, 5.41) is 14.6. The fraction of sp³-hybridized carbons (Fsp3) is 0.488. The van der Waals surface area contributed by atoms with Gasteiger partial charge in [-0.15, -0.1) is 0 Å². The number of halogens is 1. The molecular formula is C43H58IN5O10PS-. The average molecular weight is 995 g/mol. The predicted octanol–water partition coefficient (Wildman–Crippen LogP) is 1.86. The molecule has 2 heterocycles. The third kappa shape index (κ3) is 18.2. The second-order valence-electron chi connectivity index (χ2n) is 14.2. The van der Waals surface area contributed by atoms with Gasteiger partial charge in [0.2, 0.25) is 11.8 Å². The molecule has 5 N–H and O–H groups in total. The molecule has 0 aliphatic carbocycles. The van der Waals surface area contributed by atoms with Gasteiger partial charge in [0.05, 0.1) is 13.2 Å². The number of thioether (sulfide) groups is 1. The summed E-state index contributed by atoms with van der Waals surface area (Å²) in [6, 6.07) is 27.1. The first-order valence-electron chi connectivity index (χ1n) is 20.7. The molecule has 3 aromatic carbocycles. The average Bonchev–Trinajstić information content (AvgIpc) is 3.82. The number of carbonyl (C=O) groups excluding carboxylic acids is 4. The molecule has 2 unspecified atom stereocenters. The predicted molar refractivity (Wildman–Crippen MR) is 230 cm³/mol. The number of alkyl halides is 2. The second kappa shape index (κ2) is 27.2. The van der Waals surface area contributed by atoms with Crippen molar-refractivity contribution in [1.29, 1.82) is 0 Å². The first-order chi connectivity index (χ1) is 29.8. The van der Waals surface area contributed by atoms with E-state index in [1.807, 2.05) is 54.2 Å².